The SMILES string of the molecule is CNCCCOc1ccc(CN2CCN(C)c3ccncc3C2=O)c(Cl)c1. The fourth-order valence-electron chi connectivity index (χ4n) is 3.09. The molecule has 1 aliphatic heterocycles. The quantitative estimate of drug-likeness (QED) is 0.739. The highest BCUT2D eigenvalue weighted by Gasteiger charge is 2.25. The van der Waals surface area contributed by atoms with Crippen LogP contribution >= 0.6 is 11.6 Å². The smallest absolute Gasteiger partial charge is 0.257 e. The Morgan fingerprint density at radius 2 is 2.15 bits per heavy atom. The summed E-state index contributed by atoms with van der Waals surface area (Å²) < 4.78 is 5.72. The molecule has 3 rings (SSSR count). The highest BCUT2D eigenvalue weighted by Crippen LogP contribution is 2.27. The van der Waals surface area contributed by atoms with Crippen molar-refractivity contribution in [1.82, 2.24) is 15.2 Å². The van der Waals surface area contributed by atoms with Gasteiger partial charge in [-0.3, -0.25) is 9.78 Å². The van der Waals surface area contributed by atoms with E-state index in [0.29, 0.717) is 30.3 Å². The van der Waals surface area contributed by atoms with E-state index >= 15 is 0 Å². The first kappa shape index (κ1) is 19.5. The molecular weight excluding hydrogens is 364 g/mol. The molecule has 6 nitrogen and oxygen atoms in total. The van der Waals surface area contributed by atoms with E-state index in [2.05, 4.69) is 15.2 Å². The molecule has 0 radical (unpaired) electrons. The number of ether oxygens (including phenoxy) is 1. The molecule has 1 aliphatic rings. The number of rotatable bonds is 7. The molecule has 0 spiro atoms. The Labute approximate surface area is 165 Å². The van der Waals surface area contributed by atoms with Crippen molar-refractivity contribution in [1.29, 1.82) is 0 Å². The van der Waals surface area contributed by atoms with Crippen LogP contribution in [0.1, 0.15) is 22.3 Å². The zero-order chi connectivity index (χ0) is 19.2. The fourth-order valence-corrected chi connectivity index (χ4v) is 3.32. The van der Waals surface area contributed by atoms with Gasteiger partial charge in [0.15, 0.2) is 0 Å². The van der Waals surface area contributed by atoms with E-state index in [0.717, 1.165) is 36.5 Å². The van der Waals surface area contributed by atoms with Crippen molar-refractivity contribution >= 4 is 23.2 Å². The first-order valence-corrected chi connectivity index (χ1v) is 9.48. The van der Waals surface area contributed by atoms with E-state index < -0.39 is 0 Å². The number of nitrogens with zero attached hydrogens (tertiary/aromatic N) is 3. The molecule has 0 fully saturated rings. The molecule has 1 aromatic carbocycles. The van der Waals surface area contributed by atoms with Crippen molar-refractivity contribution < 1.29 is 9.53 Å². The molecule has 0 unspecified atom stereocenters. The van der Waals surface area contributed by atoms with E-state index in [1.54, 1.807) is 12.4 Å². The normalized spacial score (nSPS) is 14.1. The topological polar surface area (TPSA) is 57.7 Å². The number of aromatic nitrogens is 1. The molecule has 2 aromatic rings. The number of hydrogen-bond acceptors (Lipinski definition) is 5. The Morgan fingerprint density at radius 1 is 1.30 bits per heavy atom. The Kier molecular flexibility index (Phi) is 6.53. The molecule has 0 aliphatic carbocycles. The summed E-state index contributed by atoms with van der Waals surface area (Å²) in [6, 6.07) is 7.54. The van der Waals surface area contributed by atoms with Crippen LogP contribution in [0.3, 0.4) is 0 Å². The molecule has 0 saturated heterocycles. The number of pyridine rings is 1. The average molecular weight is 389 g/mol. The second kappa shape index (κ2) is 9.06. The van der Waals surface area contributed by atoms with Crippen LogP contribution in [-0.2, 0) is 6.54 Å². The van der Waals surface area contributed by atoms with Crippen molar-refractivity contribution in [2.24, 2.45) is 0 Å². The Hall–Kier alpha value is -2.31. The van der Waals surface area contributed by atoms with E-state index in [1.807, 2.05) is 43.3 Å². The van der Waals surface area contributed by atoms with Gasteiger partial charge in [0, 0.05) is 44.1 Å². The van der Waals surface area contributed by atoms with Gasteiger partial charge in [-0.25, -0.2) is 0 Å². The van der Waals surface area contributed by atoms with Crippen LogP contribution < -0.4 is 15.0 Å². The summed E-state index contributed by atoms with van der Waals surface area (Å²) in [6.07, 6.45) is 4.28. The van der Waals surface area contributed by atoms with Gasteiger partial charge >= 0.3 is 0 Å². The van der Waals surface area contributed by atoms with Gasteiger partial charge in [-0.05, 0) is 43.8 Å². The summed E-state index contributed by atoms with van der Waals surface area (Å²) in [6.45, 7) is 3.39. The number of nitrogens with one attached hydrogen (secondary N) is 1. The third-order valence-corrected chi connectivity index (χ3v) is 5.01. The van der Waals surface area contributed by atoms with Gasteiger partial charge in [-0.1, -0.05) is 17.7 Å². The summed E-state index contributed by atoms with van der Waals surface area (Å²) in [5, 5.41) is 3.70. The number of hydrogen-bond donors (Lipinski definition) is 1. The summed E-state index contributed by atoms with van der Waals surface area (Å²) in [5.74, 6) is 0.724. The lowest BCUT2D eigenvalue weighted by atomic mass is 10.1. The zero-order valence-electron chi connectivity index (χ0n) is 15.7. The molecule has 0 bridgehead atoms. The molecule has 1 aromatic heterocycles. The lowest BCUT2D eigenvalue weighted by Gasteiger charge is -2.22. The molecule has 2 heterocycles. The predicted molar refractivity (Wildman–Crippen MR) is 108 cm³/mol. The maximum Gasteiger partial charge on any atom is 0.257 e. The lowest BCUT2D eigenvalue weighted by Crippen LogP contribution is -2.33. The largest absolute Gasteiger partial charge is 0.493 e. The first-order valence-electron chi connectivity index (χ1n) is 9.10. The third kappa shape index (κ3) is 4.70. The maximum absolute atomic E-state index is 13.0. The number of fused-ring (bicyclic) bond motifs is 1. The Bertz CT molecular complexity index is 799. The molecular formula is C20H25ClN4O2. The van der Waals surface area contributed by atoms with E-state index in [-0.39, 0.29) is 5.91 Å². The molecule has 144 valence electrons. The van der Waals surface area contributed by atoms with Gasteiger partial charge in [-0.2, -0.15) is 0 Å². The number of anilines is 1. The van der Waals surface area contributed by atoms with Crippen LogP contribution in [0.4, 0.5) is 5.69 Å². The molecule has 7 heteroatoms. The first-order chi connectivity index (χ1) is 13.1. The molecule has 1 N–H and O–H groups in total. The zero-order valence-corrected chi connectivity index (χ0v) is 16.5. The molecule has 0 saturated carbocycles. The Morgan fingerprint density at radius 3 is 2.93 bits per heavy atom. The van der Waals surface area contributed by atoms with Crippen LogP contribution in [0.5, 0.6) is 5.75 Å². The highest BCUT2D eigenvalue weighted by molar-refractivity contribution is 6.31. The minimum Gasteiger partial charge on any atom is -0.493 e. The van der Waals surface area contributed by atoms with Crippen molar-refractivity contribution in [3.8, 4) is 5.75 Å². The van der Waals surface area contributed by atoms with E-state index in [9.17, 15) is 4.79 Å². The molecule has 27 heavy (non-hydrogen) atoms. The number of amides is 1. The number of halogens is 1. The summed E-state index contributed by atoms with van der Waals surface area (Å²) in [5.41, 5.74) is 2.44. The van der Waals surface area contributed by atoms with Crippen LogP contribution in [0, 0.1) is 0 Å². The monoisotopic (exact) mass is 388 g/mol. The molecule has 1 amide bonds. The van der Waals surface area contributed by atoms with Gasteiger partial charge in [0.25, 0.3) is 5.91 Å². The van der Waals surface area contributed by atoms with Crippen molar-refractivity contribution in [3.63, 3.8) is 0 Å². The second-order valence-electron chi connectivity index (χ2n) is 6.60. The Balaban J connectivity index is 1.70. The number of benzene rings is 1. The highest BCUT2D eigenvalue weighted by atomic mass is 35.5. The van der Waals surface area contributed by atoms with Gasteiger partial charge in [-0.15, -0.1) is 0 Å². The minimum absolute atomic E-state index is 0.0223. The van der Waals surface area contributed by atoms with Gasteiger partial charge in [0.1, 0.15) is 5.75 Å². The van der Waals surface area contributed by atoms with Crippen LogP contribution in [0.15, 0.2) is 36.7 Å². The summed E-state index contributed by atoms with van der Waals surface area (Å²) >= 11 is 6.45. The van der Waals surface area contributed by atoms with Gasteiger partial charge in [0.05, 0.1) is 17.9 Å². The predicted octanol–water partition coefficient (Wildman–Crippen LogP) is 2.82. The number of carbonyl (C=O) groups excluding carboxylic acids is 1. The van der Waals surface area contributed by atoms with Crippen LogP contribution in [-0.4, -0.2) is 56.1 Å². The van der Waals surface area contributed by atoms with Crippen LogP contribution in [0.25, 0.3) is 0 Å². The summed E-state index contributed by atoms with van der Waals surface area (Å²) in [7, 11) is 3.91. The van der Waals surface area contributed by atoms with Gasteiger partial charge < -0.3 is 19.9 Å². The molecule has 0 atom stereocenters. The third-order valence-electron chi connectivity index (χ3n) is 4.66. The van der Waals surface area contributed by atoms with Crippen molar-refractivity contribution in [2.45, 2.75) is 13.0 Å². The maximum atomic E-state index is 13.0. The average Bonchev–Trinajstić information content (AvgIpc) is 2.79. The standard InChI is InChI=1S/C20H25ClN4O2/c1-22-7-3-11-27-16-5-4-15(18(21)12-16)14-25-10-9-24(2)19-6-8-23-13-17(19)20(25)26/h4-6,8,12-13,22H,3,7,9-11,14H2,1-2H3. The number of carbonyl (C=O) groups is 1. The van der Waals surface area contributed by atoms with E-state index in [4.69, 9.17) is 16.3 Å². The number of likely N-dealkylation sites (N-methyl/N-ethyl adjacent to an activating group) is 1. The van der Waals surface area contributed by atoms with Crippen molar-refractivity contribution in [3.05, 3.63) is 52.8 Å². The van der Waals surface area contributed by atoms with Gasteiger partial charge in [0.2, 0.25) is 0 Å². The van der Waals surface area contributed by atoms with Crippen molar-refractivity contribution in [2.75, 3.05) is 45.2 Å². The minimum atomic E-state index is -0.0223. The fraction of sp³-hybridized carbons (Fsp3) is 0.400. The van der Waals surface area contributed by atoms with Crippen LogP contribution in [0.2, 0.25) is 5.02 Å². The van der Waals surface area contributed by atoms with E-state index in [1.165, 1.54) is 0 Å². The second-order valence-corrected chi connectivity index (χ2v) is 7.01. The summed E-state index contributed by atoms with van der Waals surface area (Å²) in [4.78, 5) is 21.0. The lowest BCUT2D eigenvalue weighted by molar-refractivity contribution is 0.0754.